The van der Waals surface area contributed by atoms with Crippen LogP contribution in [0.25, 0.3) is 11.0 Å². The second-order valence-electron chi connectivity index (χ2n) is 7.63. The maximum atomic E-state index is 12.8. The normalized spacial score (nSPS) is 10.9. The van der Waals surface area contributed by atoms with Crippen molar-refractivity contribution in [3.63, 3.8) is 0 Å². The van der Waals surface area contributed by atoms with Gasteiger partial charge in [0.05, 0.1) is 11.0 Å². The van der Waals surface area contributed by atoms with E-state index in [0.29, 0.717) is 12.2 Å². The van der Waals surface area contributed by atoms with Gasteiger partial charge in [0.25, 0.3) is 5.91 Å². The summed E-state index contributed by atoms with van der Waals surface area (Å²) in [6.07, 6.45) is 0. The van der Waals surface area contributed by atoms with E-state index in [0.717, 1.165) is 39.4 Å². The van der Waals surface area contributed by atoms with Crippen LogP contribution in [0.15, 0.2) is 60.7 Å². The molecule has 152 valence electrons. The number of hydrogen-bond donors (Lipinski definition) is 1. The molecular weight excluding hydrogens is 374 g/mol. The smallest absolute Gasteiger partial charge is 0.255 e. The second kappa shape index (κ2) is 8.03. The van der Waals surface area contributed by atoms with Crippen LogP contribution in [0, 0.1) is 20.8 Å². The number of rotatable bonds is 5. The van der Waals surface area contributed by atoms with Gasteiger partial charge >= 0.3 is 0 Å². The molecule has 1 amide bonds. The Balaban J connectivity index is 1.46. The van der Waals surface area contributed by atoms with Gasteiger partial charge < -0.3 is 14.6 Å². The highest BCUT2D eigenvalue weighted by Gasteiger charge is 2.12. The fourth-order valence-electron chi connectivity index (χ4n) is 3.49. The van der Waals surface area contributed by atoms with Gasteiger partial charge in [-0.2, -0.15) is 0 Å². The zero-order valence-corrected chi connectivity index (χ0v) is 17.7. The molecule has 5 nitrogen and oxygen atoms in total. The monoisotopic (exact) mass is 399 g/mol. The predicted octanol–water partition coefficient (Wildman–Crippen LogP) is 5.33. The van der Waals surface area contributed by atoms with Crippen molar-refractivity contribution < 1.29 is 9.53 Å². The molecule has 0 fully saturated rings. The average Bonchev–Trinajstić information content (AvgIpc) is 3.01. The predicted molar refractivity (Wildman–Crippen MR) is 120 cm³/mol. The van der Waals surface area contributed by atoms with Crippen LogP contribution in [0.4, 0.5) is 5.69 Å². The highest BCUT2D eigenvalue weighted by molar-refractivity contribution is 6.06. The lowest BCUT2D eigenvalue weighted by atomic mass is 10.1. The SMILES string of the molecule is Cc1cccc(COc2ccc(NC(=O)c3ccc4c(c3)nc(C)n4C)c(C)c2)c1. The molecule has 1 N–H and O–H groups in total. The number of aryl methyl sites for hydroxylation is 4. The molecule has 0 aliphatic rings. The Labute approximate surface area is 176 Å². The summed E-state index contributed by atoms with van der Waals surface area (Å²) in [4.78, 5) is 17.3. The van der Waals surface area contributed by atoms with Crippen molar-refractivity contribution in [1.29, 1.82) is 0 Å². The summed E-state index contributed by atoms with van der Waals surface area (Å²) in [6, 6.07) is 19.5. The highest BCUT2D eigenvalue weighted by atomic mass is 16.5. The van der Waals surface area contributed by atoms with Crippen molar-refractivity contribution in [2.24, 2.45) is 7.05 Å². The number of imidazole rings is 1. The molecule has 1 aromatic heterocycles. The number of anilines is 1. The number of carbonyl (C=O) groups excluding carboxylic acids is 1. The lowest BCUT2D eigenvalue weighted by Gasteiger charge is -2.12. The van der Waals surface area contributed by atoms with Crippen LogP contribution < -0.4 is 10.1 Å². The first-order valence-electron chi connectivity index (χ1n) is 9.94. The van der Waals surface area contributed by atoms with E-state index in [1.54, 1.807) is 0 Å². The fraction of sp³-hybridized carbons (Fsp3) is 0.200. The zero-order chi connectivity index (χ0) is 21.3. The molecule has 4 rings (SSSR count). The minimum atomic E-state index is -0.156. The van der Waals surface area contributed by atoms with Gasteiger partial charge in [0, 0.05) is 18.3 Å². The van der Waals surface area contributed by atoms with Crippen LogP contribution in [0.5, 0.6) is 5.75 Å². The molecule has 4 aromatic rings. The van der Waals surface area contributed by atoms with E-state index in [1.807, 2.05) is 74.0 Å². The molecule has 0 saturated heterocycles. The summed E-state index contributed by atoms with van der Waals surface area (Å²) in [7, 11) is 1.97. The van der Waals surface area contributed by atoms with Gasteiger partial charge in [-0.05, 0) is 68.3 Å². The van der Waals surface area contributed by atoms with Crippen molar-refractivity contribution in [2.75, 3.05) is 5.32 Å². The summed E-state index contributed by atoms with van der Waals surface area (Å²) in [5, 5.41) is 2.99. The van der Waals surface area contributed by atoms with Crippen LogP contribution in [0.2, 0.25) is 0 Å². The van der Waals surface area contributed by atoms with Gasteiger partial charge in [-0.15, -0.1) is 0 Å². The Bertz CT molecular complexity index is 1240. The van der Waals surface area contributed by atoms with Crippen LogP contribution in [0.1, 0.15) is 32.9 Å². The van der Waals surface area contributed by atoms with Gasteiger partial charge in [-0.25, -0.2) is 4.98 Å². The number of aromatic nitrogens is 2. The second-order valence-corrected chi connectivity index (χ2v) is 7.63. The maximum absolute atomic E-state index is 12.8. The van der Waals surface area contributed by atoms with Crippen molar-refractivity contribution in [3.8, 4) is 5.75 Å². The third-order valence-electron chi connectivity index (χ3n) is 5.30. The topological polar surface area (TPSA) is 56.1 Å². The quantitative estimate of drug-likeness (QED) is 0.493. The van der Waals surface area contributed by atoms with Gasteiger partial charge in [-0.3, -0.25) is 4.79 Å². The minimum Gasteiger partial charge on any atom is -0.489 e. The van der Waals surface area contributed by atoms with Gasteiger partial charge in [-0.1, -0.05) is 29.8 Å². The fourth-order valence-corrected chi connectivity index (χ4v) is 3.49. The Hall–Kier alpha value is -3.60. The number of fused-ring (bicyclic) bond motifs is 1. The first-order valence-corrected chi connectivity index (χ1v) is 9.94. The van der Waals surface area contributed by atoms with E-state index in [1.165, 1.54) is 5.56 Å². The number of nitrogens with one attached hydrogen (secondary N) is 1. The molecular formula is C25H25N3O2. The summed E-state index contributed by atoms with van der Waals surface area (Å²) in [5.74, 6) is 1.54. The van der Waals surface area contributed by atoms with Gasteiger partial charge in [0.2, 0.25) is 0 Å². The molecule has 0 atom stereocenters. The average molecular weight is 399 g/mol. The van der Waals surface area contributed by atoms with Crippen LogP contribution in [-0.2, 0) is 13.7 Å². The van der Waals surface area contributed by atoms with E-state index >= 15 is 0 Å². The van der Waals surface area contributed by atoms with Crippen LogP contribution in [-0.4, -0.2) is 15.5 Å². The van der Waals surface area contributed by atoms with E-state index in [2.05, 4.69) is 29.4 Å². The summed E-state index contributed by atoms with van der Waals surface area (Å²) < 4.78 is 7.92. The molecule has 1 heterocycles. The third-order valence-corrected chi connectivity index (χ3v) is 5.30. The molecule has 0 bridgehead atoms. The number of hydrogen-bond acceptors (Lipinski definition) is 3. The molecule has 0 unspecified atom stereocenters. The lowest BCUT2D eigenvalue weighted by molar-refractivity contribution is 0.102. The Morgan fingerprint density at radius 3 is 2.63 bits per heavy atom. The Kier molecular flexibility index (Phi) is 5.27. The van der Waals surface area contributed by atoms with E-state index in [9.17, 15) is 4.79 Å². The number of ether oxygens (including phenoxy) is 1. The van der Waals surface area contributed by atoms with E-state index in [4.69, 9.17) is 4.74 Å². The first-order chi connectivity index (χ1) is 14.4. The minimum absolute atomic E-state index is 0.156. The molecule has 5 heteroatoms. The van der Waals surface area contributed by atoms with Gasteiger partial charge in [0.15, 0.2) is 0 Å². The summed E-state index contributed by atoms with van der Waals surface area (Å²) in [5.41, 5.74) is 6.46. The van der Waals surface area contributed by atoms with E-state index in [-0.39, 0.29) is 5.91 Å². The molecule has 0 radical (unpaired) electrons. The van der Waals surface area contributed by atoms with Crippen molar-refractivity contribution in [2.45, 2.75) is 27.4 Å². The maximum Gasteiger partial charge on any atom is 0.255 e. The molecule has 0 aliphatic heterocycles. The molecule has 0 spiro atoms. The van der Waals surface area contributed by atoms with Crippen molar-refractivity contribution in [3.05, 3.63) is 88.7 Å². The summed E-state index contributed by atoms with van der Waals surface area (Å²) in [6.45, 7) is 6.49. The van der Waals surface area contributed by atoms with Gasteiger partial charge in [0.1, 0.15) is 18.2 Å². The lowest BCUT2D eigenvalue weighted by Crippen LogP contribution is -2.12. The number of nitrogens with zero attached hydrogens (tertiary/aromatic N) is 2. The highest BCUT2D eigenvalue weighted by Crippen LogP contribution is 2.24. The number of benzene rings is 3. The standard InChI is InChI=1S/C25H25N3O2/c1-16-6-5-7-19(12-16)15-30-21-9-10-22(17(2)13-21)27-25(29)20-8-11-24-23(14-20)26-18(3)28(24)4/h5-14H,15H2,1-4H3,(H,27,29). The van der Waals surface area contributed by atoms with Crippen LogP contribution >= 0.6 is 0 Å². The van der Waals surface area contributed by atoms with Crippen molar-refractivity contribution >= 4 is 22.6 Å². The summed E-state index contributed by atoms with van der Waals surface area (Å²) >= 11 is 0. The molecule has 0 saturated carbocycles. The Morgan fingerprint density at radius 1 is 1.03 bits per heavy atom. The first kappa shape index (κ1) is 19.7. The third kappa shape index (κ3) is 4.06. The largest absolute Gasteiger partial charge is 0.489 e. The molecule has 0 aliphatic carbocycles. The Morgan fingerprint density at radius 2 is 1.87 bits per heavy atom. The number of amides is 1. The van der Waals surface area contributed by atoms with E-state index < -0.39 is 0 Å². The van der Waals surface area contributed by atoms with Crippen molar-refractivity contribution in [1.82, 2.24) is 9.55 Å². The molecule has 30 heavy (non-hydrogen) atoms. The zero-order valence-electron chi connectivity index (χ0n) is 17.7. The number of carbonyl (C=O) groups is 1. The van der Waals surface area contributed by atoms with Crippen LogP contribution in [0.3, 0.4) is 0 Å². The molecule has 3 aromatic carbocycles.